The van der Waals surface area contributed by atoms with Crippen molar-refractivity contribution in [3.05, 3.63) is 38.7 Å². The molecule has 7 heteroatoms. The van der Waals surface area contributed by atoms with Crippen LogP contribution in [0.3, 0.4) is 0 Å². The summed E-state index contributed by atoms with van der Waals surface area (Å²) in [6, 6.07) is 2.03. The molecule has 3 aliphatic rings. The van der Waals surface area contributed by atoms with Gasteiger partial charge >= 0.3 is 29.6 Å². The maximum atomic E-state index is 12.2. The van der Waals surface area contributed by atoms with E-state index in [9.17, 15) is 14.7 Å². The molecule has 1 aromatic heterocycles. The van der Waals surface area contributed by atoms with Crippen LogP contribution in [-0.2, 0) is 22.6 Å². The molecular formula is C16H15N2NaO3S. The van der Waals surface area contributed by atoms with E-state index in [1.54, 1.807) is 17.4 Å². The predicted octanol–water partition coefficient (Wildman–Crippen LogP) is -2.63. The molecule has 0 saturated carbocycles. The first kappa shape index (κ1) is 16.9. The number of carboxylic acid groups (broad SMARTS) is 1. The number of nitrogens with zero attached hydrogens (tertiary/aromatic N) is 2. The summed E-state index contributed by atoms with van der Waals surface area (Å²) in [6.07, 6.45) is 5.12. The quantitative estimate of drug-likeness (QED) is 0.336. The topological polar surface area (TPSA) is 63.7 Å². The third-order valence-corrected chi connectivity index (χ3v) is 5.70. The summed E-state index contributed by atoms with van der Waals surface area (Å²) in [7, 11) is 2.11. The van der Waals surface area contributed by atoms with E-state index in [4.69, 9.17) is 0 Å². The van der Waals surface area contributed by atoms with Gasteiger partial charge in [-0.15, -0.1) is 11.3 Å². The van der Waals surface area contributed by atoms with Gasteiger partial charge < -0.3 is 14.8 Å². The van der Waals surface area contributed by atoms with Crippen molar-refractivity contribution < 1.29 is 44.3 Å². The summed E-state index contributed by atoms with van der Waals surface area (Å²) in [6.45, 7) is 2.02. The Kier molecular flexibility index (Phi) is 4.55. The Hall–Kier alpha value is -0.920. The van der Waals surface area contributed by atoms with Crippen LogP contribution in [0.25, 0.3) is 6.08 Å². The van der Waals surface area contributed by atoms with Crippen LogP contribution < -0.4 is 34.7 Å². The van der Waals surface area contributed by atoms with Gasteiger partial charge in [0.05, 0.1) is 17.7 Å². The normalized spacial score (nSPS) is 24.7. The average molecular weight is 338 g/mol. The zero-order valence-corrected chi connectivity index (χ0v) is 16.0. The molecule has 23 heavy (non-hydrogen) atoms. The molecule has 0 radical (unpaired) electrons. The second-order valence-electron chi connectivity index (χ2n) is 5.99. The van der Waals surface area contributed by atoms with Gasteiger partial charge in [0.2, 0.25) is 0 Å². The fourth-order valence-electron chi connectivity index (χ4n) is 3.39. The van der Waals surface area contributed by atoms with Crippen LogP contribution in [0.15, 0.2) is 23.4 Å². The van der Waals surface area contributed by atoms with E-state index < -0.39 is 5.97 Å². The Morgan fingerprint density at radius 1 is 1.48 bits per heavy atom. The molecule has 4 rings (SSSR count). The van der Waals surface area contributed by atoms with E-state index in [2.05, 4.69) is 18.0 Å². The molecular weight excluding hydrogens is 323 g/mol. The number of aliphatic carboxylic acids is 1. The Bertz CT molecular complexity index is 753. The zero-order valence-electron chi connectivity index (χ0n) is 13.2. The van der Waals surface area contributed by atoms with Crippen LogP contribution in [0.2, 0.25) is 0 Å². The van der Waals surface area contributed by atoms with Gasteiger partial charge in [0.1, 0.15) is 0 Å². The fraction of sp³-hybridized carbons (Fsp3) is 0.375. The van der Waals surface area contributed by atoms with Gasteiger partial charge in [0.15, 0.2) is 0 Å². The van der Waals surface area contributed by atoms with E-state index in [-0.39, 0.29) is 47.2 Å². The van der Waals surface area contributed by atoms with Gasteiger partial charge in [-0.2, -0.15) is 0 Å². The molecule has 4 heterocycles. The molecule has 5 nitrogen and oxygen atoms in total. The number of β-lactam (4-membered cyclic amide) rings is 1. The zero-order chi connectivity index (χ0) is 15.4. The third kappa shape index (κ3) is 2.72. The first-order valence-corrected chi connectivity index (χ1v) is 8.13. The minimum Gasteiger partial charge on any atom is -0.543 e. The summed E-state index contributed by atoms with van der Waals surface area (Å²) in [5.41, 5.74) is 2.06. The van der Waals surface area contributed by atoms with Gasteiger partial charge in [0, 0.05) is 28.4 Å². The Labute approximate surface area is 160 Å². The number of fused-ring (bicyclic) bond motifs is 2. The molecule has 0 bridgehead atoms. The van der Waals surface area contributed by atoms with Crippen LogP contribution >= 0.6 is 11.3 Å². The molecule has 1 fully saturated rings. The number of carbonyl (C=O) groups is 2. The molecule has 1 unspecified atom stereocenters. The molecule has 0 spiro atoms. The Morgan fingerprint density at radius 3 is 3.00 bits per heavy atom. The van der Waals surface area contributed by atoms with Crippen LogP contribution in [0.5, 0.6) is 0 Å². The maximum Gasteiger partial charge on any atom is 1.00 e. The van der Waals surface area contributed by atoms with Gasteiger partial charge in [0.25, 0.3) is 5.91 Å². The maximum absolute atomic E-state index is 12.2. The van der Waals surface area contributed by atoms with Crippen LogP contribution in [0.4, 0.5) is 0 Å². The van der Waals surface area contributed by atoms with Gasteiger partial charge in [-0.25, -0.2) is 0 Å². The van der Waals surface area contributed by atoms with Crippen LogP contribution in [-0.4, -0.2) is 41.3 Å². The van der Waals surface area contributed by atoms with Crippen molar-refractivity contribution in [1.29, 1.82) is 0 Å². The number of amides is 1. The molecule has 1 saturated heterocycles. The van der Waals surface area contributed by atoms with Crippen molar-refractivity contribution in [2.45, 2.75) is 25.4 Å². The SMILES string of the molecule is CN1CCc2sc(/C=C3/C(=O)N4C(C(=O)[O-])=CCC34)cc2C1.[Na+]. The van der Waals surface area contributed by atoms with Crippen molar-refractivity contribution in [1.82, 2.24) is 9.80 Å². The molecule has 1 aromatic rings. The summed E-state index contributed by atoms with van der Waals surface area (Å²) < 4.78 is 0. The smallest absolute Gasteiger partial charge is 0.543 e. The van der Waals surface area contributed by atoms with Crippen LogP contribution in [0, 0.1) is 0 Å². The fourth-order valence-corrected chi connectivity index (χ4v) is 4.51. The molecule has 0 aliphatic carbocycles. The van der Waals surface area contributed by atoms with Gasteiger partial charge in [-0.1, -0.05) is 6.08 Å². The van der Waals surface area contributed by atoms with Gasteiger partial charge in [-0.05, 0) is 37.6 Å². The number of thiophene rings is 1. The number of carbonyl (C=O) groups excluding carboxylic acids is 2. The molecule has 1 amide bonds. The summed E-state index contributed by atoms with van der Waals surface area (Å²) >= 11 is 1.74. The van der Waals surface area contributed by atoms with E-state index in [0.29, 0.717) is 12.0 Å². The summed E-state index contributed by atoms with van der Waals surface area (Å²) in [5, 5.41) is 11.0. The average Bonchev–Trinajstić information content (AvgIpc) is 3.05. The first-order valence-electron chi connectivity index (χ1n) is 7.31. The second-order valence-corrected chi connectivity index (χ2v) is 7.16. The number of hydrogen-bond acceptors (Lipinski definition) is 5. The van der Waals surface area contributed by atoms with E-state index in [1.165, 1.54) is 15.3 Å². The second kappa shape index (κ2) is 6.18. The Balaban J connectivity index is 0.00000156. The van der Waals surface area contributed by atoms with E-state index in [0.717, 1.165) is 24.4 Å². The molecule has 3 aliphatic heterocycles. The van der Waals surface area contributed by atoms with Crippen molar-refractivity contribution >= 4 is 29.3 Å². The monoisotopic (exact) mass is 338 g/mol. The van der Waals surface area contributed by atoms with Gasteiger partial charge in [-0.3, -0.25) is 9.69 Å². The summed E-state index contributed by atoms with van der Waals surface area (Å²) in [4.78, 5) is 29.3. The first-order chi connectivity index (χ1) is 10.5. The Morgan fingerprint density at radius 2 is 2.26 bits per heavy atom. The molecule has 1 atom stereocenters. The number of rotatable bonds is 2. The van der Waals surface area contributed by atoms with Crippen molar-refractivity contribution in [2.75, 3.05) is 13.6 Å². The van der Waals surface area contributed by atoms with Crippen LogP contribution in [0.1, 0.15) is 21.7 Å². The molecule has 114 valence electrons. The van der Waals surface area contributed by atoms with Crippen molar-refractivity contribution in [2.24, 2.45) is 0 Å². The molecule has 0 aromatic carbocycles. The number of carboxylic acids is 1. The number of likely N-dealkylation sites (N-methyl/N-ethyl adjacent to an activating group) is 1. The summed E-state index contributed by atoms with van der Waals surface area (Å²) in [5.74, 6) is -1.48. The van der Waals surface area contributed by atoms with E-state index in [1.807, 2.05) is 6.08 Å². The van der Waals surface area contributed by atoms with Crippen molar-refractivity contribution in [3.63, 3.8) is 0 Å². The minimum absolute atomic E-state index is 0. The molecule has 0 N–H and O–H groups in total. The van der Waals surface area contributed by atoms with Crippen molar-refractivity contribution in [3.8, 4) is 0 Å². The third-order valence-electron chi connectivity index (χ3n) is 4.51. The number of hydrogen-bond donors (Lipinski definition) is 0. The van der Waals surface area contributed by atoms with E-state index >= 15 is 0 Å². The standard InChI is InChI=1S/C16H16N2O3S.Na/c1-17-5-4-14-9(8-17)6-10(22-14)7-11-12-2-3-13(16(20)21)18(12)15(11)19;/h3,6-7,12H,2,4-5,8H2,1H3,(H,20,21);/q;+1/p-1/b11-7+;. The largest absolute Gasteiger partial charge is 1.00 e. The predicted molar refractivity (Wildman–Crippen MR) is 80.7 cm³/mol. The minimum atomic E-state index is -1.27.